The maximum atomic E-state index is 13.5. The van der Waals surface area contributed by atoms with Crippen molar-refractivity contribution < 1.29 is 45.0 Å². The van der Waals surface area contributed by atoms with Crippen molar-refractivity contribution in [2.75, 3.05) is 13.7 Å². The second-order valence-corrected chi connectivity index (χ2v) is 9.50. The normalized spacial score (nSPS) is 12.1. The lowest BCUT2D eigenvalue weighted by Gasteiger charge is -2.19. The van der Waals surface area contributed by atoms with E-state index in [4.69, 9.17) is 9.84 Å². The van der Waals surface area contributed by atoms with Crippen molar-refractivity contribution in [3.05, 3.63) is 83.4 Å². The Hall–Kier alpha value is -3.51. The van der Waals surface area contributed by atoms with Gasteiger partial charge in [-0.2, -0.15) is 17.5 Å². The molecule has 0 aliphatic rings. The van der Waals surface area contributed by atoms with Gasteiger partial charge in [-0.15, -0.1) is 0 Å². The van der Waals surface area contributed by atoms with Crippen molar-refractivity contribution in [3.8, 4) is 16.9 Å². The van der Waals surface area contributed by atoms with Crippen molar-refractivity contribution in [3.63, 3.8) is 0 Å². The molecule has 0 aromatic heterocycles. The van der Waals surface area contributed by atoms with E-state index in [1.165, 1.54) is 30.3 Å². The van der Waals surface area contributed by atoms with Gasteiger partial charge in [-0.3, -0.25) is 0 Å². The summed E-state index contributed by atoms with van der Waals surface area (Å²) in [4.78, 5) is 10.3. The molecule has 0 spiro atoms. The average molecular weight is 515 g/mol. The summed E-state index contributed by atoms with van der Waals surface area (Å²) >= 11 is 0. The van der Waals surface area contributed by atoms with E-state index >= 15 is 0 Å². The summed E-state index contributed by atoms with van der Waals surface area (Å²) in [6, 6.07) is 10.1. The minimum atomic E-state index is -4.63. The Labute approximate surface area is 197 Å². The van der Waals surface area contributed by atoms with E-state index in [1.807, 2.05) is 0 Å². The highest BCUT2D eigenvalue weighted by molar-refractivity contribution is 7.89. The van der Waals surface area contributed by atoms with E-state index in [2.05, 4.69) is 0 Å². The van der Waals surface area contributed by atoms with E-state index in [0.717, 1.165) is 23.5 Å². The molecule has 3 aromatic carbocycles. The smallest absolute Gasteiger partial charge is 0.416 e. The first kappa shape index (κ1) is 26.1. The highest BCUT2D eigenvalue weighted by Crippen LogP contribution is 2.36. The average Bonchev–Trinajstić information content (AvgIpc) is 2.77. The monoisotopic (exact) mass is 515 g/mol. The van der Waals surface area contributed by atoms with Crippen LogP contribution in [-0.4, -0.2) is 37.5 Å². The van der Waals surface area contributed by atoms with Crippen LogP contribution >= 0.6 is 0 Å². The van der Waals surface area contributed by atoms with Crippen molar-refractivity contribution in [2.45, 2.75) is 17.6 Å². The fourth-order valence-electron chi connectivity index (χ4n) is 3.23. The van der Waals surface area contributed by atoms with Crippen LogP contribution in [0.4, 0.5) is 22.0 Å². The number of benzene rings is 3. The molecule has 35 heavy (non-hydrogen) atoms. The van der Waals surface area contributed by atoms with E-state index in [0.29, 0.717) is 23.8 Å². The van der Waals surface area contributed by atoms with Crippen LogP contribution in [-0.2, 0) is 27.5 Å². The molecule has 0 fully saturated rings. The molecule has 0 amide bonds. The van der Waals surface area contributed by atoms with Gasteiger partial charge in [0.1, 0.15) is 17.4 Å². The number of nitrogens with zero attached hydrogens (tertiary/aromatic N) is 1. The molecule has 0 bridgehead atoms. The summed E-state index contributed by atoms with van der Waals surface area (Å²) in [5.74, 6) is -3.50. The fourth-order valence-corrected chi connectivity index (χ4v) is 4.43. The first-order chi connectivity index (χ1) is 16.3. The van der Waals surface area contributed by atoms with Gasteiger partial charge in [0.25, 0.3) is 0 Å². The van der Waals surface area contributed by atoms with Crippen LogP contribution in [0.1, 0.15) is 11.1 Å². The molecule has 0 aliphatic heterocycles. The number of ether oxygens (including phenoxy) is 1. The molecule has 0 heterocycles. The molecule has 6 nitrogen and oxygen atoms in total. The molecule has 0 aliphatic carbocycles. The third kappa shape index (κ3) is 6.34. The van der Waals surface area contributed by atoms with Crippen molar-refractivity contribution >= 4 is 16.0 Å². The van der Waals surface area contributed by atoms with Gasteiger partial charge in [0.2, 0.25) is 10.0 Å². The lowest BCUT2D eigenvalue weighted by molar-refractivity contribution is -0.139. The van der Waals surface area contributed by atoms with Crippen LogP contribution in [0, 0.1) is 11.6 Å². The van der Waals surface area contributed by atoms with Gasteiger partial charge in [0.15, 0.2) is 6.61 Å². The largest absolute Gasteiger partial charge is 0.481 e. The predicted molar refractivity (Wildman–Crippen MR) is 115 cm³/mol. The number of hydrogen-bond acceptors (Lipinski definition) is 4. The first-order valence-corrected chi connectivity index (χ1v) is 11.3. The summed E-state index contributed by atoms with van der Waals surface area (Å²) in [5.41, 5.74) is -0.502. The Morgan fingerprint density at radius 1 is 1.00 bits per heavy atom. The third-order valence-corrected chi connectivity index (χ3v) is 6.63. The molecular weight excluding hydrogens is 497 g/mol. The highest BCUT2D eigenvalue weighted by atomic mass is 32.2. The second-order valence-electron chi connectivity index (χ2n) is 7.46. The number of alkyl halides is 3. The van der Waals surface area contributed by atoms with Crippen molar-refractivity contribution in [1.29, 1.82) is 0 Å². The standard InChI is InChI=1S/C23H18F5NO5S/c1-29(35(32,33)19-10-17(24)9-18(25)11-19)12-14-5-6-21(34-13-22(30)31)20(7-14)15-3-2-4-16(8-15)23(26,27)28/h2-11H,12-13H2,1H3,(H,30,31). The minimum absolute atomic E-state index is 0.0341. The zero-order valence-electron chi connectivity index (χ0n) is 18.0. The van der Waals surface area contributed by atoms with Crippen LogP contribution in [0.15, 0.2) is 65.6 Å². The molecule has 186 valence electrons. The molecule has 0 saturated heterocycles. The van der Waals surface area contributed by atoms with E-state index in [1.54, 1.807) is 0 Å². The first-order valence-electron chi connectivity index (χ1n) is 9.85. The SMILES string of the molecule is CN(Cc1ccc(OCC(=O)O)c(-c2cccc(C(F)(F)F)c2)c1)S(=O)(=O)c1cc(F)cc(F)c1. The van der Waals surface area contributed by atoms with Crippen LogP contribution < -0.4 is 4.74 Å². The number of carboxylic acids is 1. The van der Waals surface area contributed by atoms with Crippen LogP contribution in [0.25, 0.3) is 11.1 Å². The quantitative estimate of drug-likeness (QED) is 0.430. The zero-order chi connectivity index (χ0) is 26.0. The fraction of sp³-hybridized carbons (Fsp3) is 0.174. The van der Waals surface area contributed by atoms with E-state index in [9.17, 15) is 35.2 Å². The number of rotatable bonds is 8. The third-order valence-electron chi connectivity index (χ3n) is 4.85. The molecular formula is C23H18F5NO5S. The maximum Gasteiger partial charge on any atom is 0.416 e. The van der Waals surface area contributed by atoms with Crippen molar-refractivity contribution in [1.82, 2.24) is 4.31 Å². The molecule has 3 aromatic rings. The number of carbonyl (C=O) groups is 1. The molecule has 3 rings (SSSR count). The predicted octanol–water partition coefficient (Wildman–Crippen LogP) is 4.93. The summed E-state index contributed by atoms with van der Waals surface area (Å²) < 4.78 is 98.2. The molecule has 1 N–H and O–H groups in total. The molecule has 0 radical (unpaired) electrons. The van der Waals surface area contributed by atoms with Crippen LogP contribution in [0.2, 0.25) is 0 Å². The topological polar surface area (TPSA) is 83.9 Å². The molecule has 0 atom stereocenters. The van der Waals surface area contributed by atoms with E-state index in [-0.39, 0.29) is 23.4 Å². The van der Waals surface area contributed by atoms with Gasteiger partial charge in [0, 0.05) is 25.2 Å². The minimum Gasteiger partial charge on any atom is -0.481 e. The highest BCUT2D eigenvalue weighted by Gasteiger charge is 2.31. The summed E-state index contributed by atoms with van der Waals surface area (Å²) in [6.07, 6.45) is -4.63. The summed E-state index contributed by atoms with van der Waals surface area (Å²) in [5, 5.41) is 8.90. The van der Waals surface area contributed by atoms with Gasteiger partial charge in [-0.25, -0.2) is 22.0 Å². The summed E-state index contributed by atoms with van der Waals surface area (Å²) in [7, 11) is -3.16. The van der Waals surface area contributed by atoms with E-state index < -0.39 is 50.9 Å². The van der Waals surface area contributed by atoms with Gasteiger partial charge < -0.3 is 9.84 Å². The second kappa shape index (κ2) is 10.0. The Morgan fingerprint density at radius 3 is 2.26 bits per heavy atom. The van der Waals surface area contributed by atoms with Crippen LogP contribution in [0.3, 0.4) is 0 Å². The van der Waals surface area contributed by atoms with Crippen LogP contribution in [0.5, 0.6) is 5.75 Å². The van der Waals surface area contributed by atoms with Gasteiger partial charge >= 0.3 is 12.1 Å². The number of carboxylic acid groups (broad SMARTS) is 1. The Morgan fingerprint density at radius 2 is 1.66 bits per heavy atom. The zero-order valence-corrected chi connectivity index (χ0v) is 18.8. The lowest BCUT2D eigenvalue weighted by Crippen LogP contribution is -2.26. The number of aliphatic carboxylic acids is 1. The summed E-state index contributed by atoms with van der Waals surface area (Å²) in [6.45, 7) is -1.07. The molecule has 0 saturated carbocycles. The van der Waals surface area contributed by atoms with Gasteiger partial charge in [-0.05, 0) is 47.5 Å². The lowest BCUT2D eigenvalue weighted by atomic mass is 9.99. The molecule has 12 heteroatoms. The Kier molecular flexibility index (Phi) is 7.46. The number of halogens is 5. The Balaban J connectivity index is 2.00. The molecule has 0 unspecified atom stereocenters. The van der Waals surface area contributed by atoms with Gasteiger partial charge in [-0.1, -0.05) is 18.2 Å². The van der Waals surface area contributed by atoms with Gasteiger partial charge in [0.05, 0.1) is 10.5 Å². The number of hydrogen-bond donors (Lipinski definition) is 1. The van der Waals surface area contributed by atoms with Crippen molar-refractivity contribution in [2.24, 2.45) is 0 Å². The number of sulfonamides is 1. The maximum absolute atomic E-state index is 13.5. The Bertz CT molecular complexity index is 1340.